The maximum absolute atomic E-state index is 13.3. The van der Waals surface area contributed by atoms with Gasteiger partial charge in [-0.15, -0.1) is 0 Å². The van der Waals surface area contributed by atoms with Crippen molar-refractivity contribution >= 4 is 5.78 Å². The average molecular weight is 483 g/mol. The number of rotatable bonds is 11. The molecule has 0 saturated heterocycles. The lowest BCUT2D eigenvalue weighted by molar-refractivity contribution is -0.117. The predicted molar refractivity (Wildman–Crippen MR) is 135 cm³/mol. The summed E-state index contributed by atoms with van der Waals surface area (Å²) in [5, 5.41) is 20.0. The Hall–Kier alpha value is -1.89. The fourth-order valence-electron chi connectivity index (χ4n) is 3.66. The molecule has 4 atom stereocenters. The van der Waals surface area contributed by atoms with Gasteiger partial charge in [0.25, 0.3) is 5.92 Å². The normalized spacial score (nSPS) is 22.3. The van der Waals surface area contributed by atoms with Gasteiger partial charge in [0, 0.05) is 32.3 Å². The van der Waals surface area contributed by atoms with Crippen LogP contribution in [0.1, 0.15) is 71.8 Å². The zero-order valence-electron chi connectivity index (χ0n) is 21.4. The number of halogens is 2. The lowest BCUT2D eigenvalue weighted by Crippen LogP contribution is -2.21. The molecule has 1 aromatic rings. The van der Waals surface area contributed by atoms with Crippen LogP contribution in [0, 0.1) is 11.8 Å². The molecule has 0 amide bonds. The number of benzene rings is 1. The average Bonchev–Trinajstić information content (AvgIpc) is 3.09. The highest BCUT2D eigenvalue weighted by Crippen LogP contribution is 2.37. The highest BCUT2D eigenvalue weighted by molar-refractivity contribution is 5.75. The van der Waals surface area contributed by atoms with Gasteiger partial charge in [0.2, 0.25) is 0 Å². The van der Waals surface area contributed by atoms with Crippen LogP contribution >= 0.6 is 0 Å². The second-order valence-corrected chi connectivity index (χ2v) is 8.31. The first-order valence-electron chi connectivity index (χ1n) is 12.3. The number of carbonyl (C=O) groups excluding carboxylic acids is 1. The number of ketones is 1. The summed E-state index contributed by atoms with van der Waals surface area (Å²) in [5.74, 6) is -3.42. The van der Waals surface area contributed by atoms with E-state index in [4.69, 9.17) is 4.74 Å². The number of carbonyl (C=O) groups is 1. The largest absolute Gasteiger partial charge is 0.393 e. The van der Waals surface area contributed by atoms with E-state index in [9.17, 15) is 23.8 Å². The molecule has 4 nitrogen and oxygen atoms in total. The van der Waals surface area contributed by atoms with E-state index in [-0.39, 0.29) is 24.5 Å². The lowest BCUT2D eigenvalue weighted by Gasteiger charge is -2.20. The third kappa shape index (κ3) is 13.7. The Bertz CT molecular complexity index is 704. The minimum Gasteiger partial charge on any atom is -0.393 e. The summed E-state index contributed by atoms with van der Waals surface area (Å²) in [4.78, 5) is 10.8. The molecule has 0 heterocycles. The van der Waals surface area contributed by atoms with Crippen molar-refractivity contribution in [3.63, 3.8) is 0 Å². The molecule has 1 aliphatic rings. The number of aliphatic hydroxyl groups excluding tert-OH is 2. The van der Waals surface area contributed by atoms with Gasteiger partial charge < -0.3 is 19.7 Å². The minimum absolute atomic E-state index is 0.162. The first-order chi connectivity index (χ1) is 16.2. The van der Waals surface area contributed by atoms with E-state index < -0.39 is 24.0 Å². The Morgan fingerprint density at radius 2 is 1.79 bits per heavy atom. The summed E-state index contributed by atoms with van der Waals surface area (Å²) in [5.41, 5.74) is 1.22. The highest BCUT2D eigenvalue weighted by atomic mass is 19.3. The van der Waals surface area contributed by atoms with Crippen LogP contribution in [-0.4, -0.2) is 41.2 Å². The van der Waals surface area contributed by atoms with Gasteiger partial charge in [0.15, 0.2) is 0 Å². The second kappa shape index (κ2) is 18.4. The summed E-state index contributed by atoms with van der Waals surface area (Å²) < 4.78 is 31.6. The number of alkyl halides is 2. The molecule has 1 saturated carbocycles. The molecule has 0 spiro atoms. The van der Waals surface area contributed by atoms with Crippen molar-refractivity contribution in [2.45, 2.75) is 91.0 Å². The Morgan fingerprint density at radius 1 is 1.15 bits per heavy atom. The number of ether oxygens (including phenoxy) is 1. The van der Waals surface area contributed by atoms with Crippen LogP contribution in [0.4, 0.5) is 8.78 Å². The molecule has 1 aromatic carbocycles. The van der Waals surface area contributed by atoms with Crippen LogP contribution in [0.15, 0.2) is 54.6 Å². The molecular weight excluding hydrogens is 438 g/mol. The lowest BCUT2D eigenvalue weighted by atomic mass is 9.89. The Labute approximate surface area is 204 Å². The molecule has 0 bridgehead atoms. The number of aliphatic hydroxyl groups is 2. The SMILES string of the molecule is CC.CCC(F)(F)C=C[C@@H]1[C@@H](C/C=C\CCCC(C)=O)[C@@H](O)C[C@H]1O.COCc1ccccc1. The molecule has 6 heteroatoms. The van der Waals surface area contributed by atoms with Crippen molar-refractivity contribution in [2.75, 3.05) is 7.11 Å². The second-order valence-electron chi connectivity index (χ2n) is 8.31. The zero-order valence-corrected chi connectivity index (χ0v) is 21.4. The highest BCUT2D eigenvalue weighted by Gasteiger charge is 2.40. The molecule has 34 heavy (non-hydrogen) atoms. The molecule has 0 radical (unpaired) electrons. The maximum Gasteiger partial charge on any atom is 0.266 e. The van der Waals surface area contributed by atoms with Gasteiger partial charge in [-0.05, 0) is 43.7 Å². The maximum atomic E-state index is 13.3. The first-order valence-corrected chi connectivity index (χ1v) is 12.3. The van der Waals surface area contributed by atoms with Crippen molar-refractivity contribution in [1.29, 1.82) is 0 Å². The molecular formula is C28H44F2O4. The number of methoxy groups -OCH3 is 1. The fourth-order valence-corrected chi connectivity index (χ4v) is 3.66. The molecule has 0 aliphatic heterocycles. The minimum atomic E-state index is -2.87. The quantitative estimate of drug-likeness (QED) is 0.279. The van der Waals surface area contributed by atoms with E-state index in [1.165, 1.54) is 18.6 Å². The van der Waals surface area contributed by atoms with Crippen molar-refractivity contribution in [2.24, 2.45) is 11.8 Å². The molecule has 2 rings (SSSR count). The predicted octanol–water partition coefficient (Wildman–Crippen LogP) is 6.51. The van der Waals surface area contributed by atoms with Gasteiger partial charge in [0.1, 0.15) is 5.78 Å². The Kier molecular flexibility index (Phi) is 17.4. The molecule has 2 N–H and O–H groups in total. The zero-order chi connectivity index (χ0) is 26.0. The van der Waals surface area contributed by atoms with E-state index in [2.05, 4.69) is 0 Å². The first kappa shape index (κ1) is 32.1. The smallest absolute Gasteiger partial charge is 0.266 e. The van der Waals surface area contributed by atoms with Crippen LogP contribution in [0.25, 0.3) is 0 Å². The fraction of sp³-hybridized carbons (Fsp3) is 0.607. The van der Waals surface area contributed by atoms with Gasteiger partial charge in [-0.25, -0.2) is 8.78 Å². The van der Waals surface area contributed by atoms with Crippen molar-refractivity contribution in [3.05, 3.63) is 60.2 Å². The van der Waals surface area contributed by atoms with Crippen molar-refractivity contribution in [3.8, 4) is 0 Å². The Morgan fingerprint density at radius 3 is 2.35 bits per heavy atom. The number of Topliss-reactive ketones (excluding diaryl/α,β-unsaturated/α-hetero) is 1. The van der Waals surface area contributed by atoms with Crippen LogP contribution < -0.4 is 0 Å². The van der Waals surface area contributed by atoms with Crippen LogP contribution in [0.5, 0.6) is 0 Å². The standard InChI is InChI=1S/C18H28F2O3.C8H10O.C2H6/c1-3-18(19,20)11-10-15-14(16(22)12-17(15)23)9-7-5-4-6-8-13(2)21;1-9-7-8-5-3-2-4-6-8;1-2/h5,7,10-11,14-17,22-23H,3-4,6,8-9,12H2,1-2H3;2-6H,7H2,1H3;1-2H3/b7-5-,11-10?;;/t14-,15-,16+,17-;;/m1../s1. The topological polar surface area (TPSA) is 66.8 Å². The molecule has 0 unspecified atom stereocenters. The molecule has 1 fully saturated rings. The van der Waals surface area contributed by atoms with Gasteiger partial charge in [-0.3, -0.25) is 0 Å². The summed E-state index contributed by atoms with van der Waals surface area (Å²) >= 11 is 0. The summed E-state index contributed by atoms with van der Waals surface area (Å²) in [6, 6.07) is 10.1. The van der Waals surface area contributed by atoms with Gasteiger partial charge in [-0.2, -0.15) is 0 Å². The van der Waals surface area contributed by atoms with E-state index in [0.717, 1.165) is 18.9 Å². The molecule has 0 aromatic heterocycles. The van der Waals surface area contributed by atoms with Crippen LogP contribution in [0.3, 0.4) is 0 Å². The summed E-state index contributed by atoms with van der Waals surface area (Å²) in [6.07, 6.45) is 7.17. The number of hydrogen-bond acceptors (Lipinski definition) is 4. The van der Waals surface area contributed by atoms with Gasteiger partial charge in [0.05, 0.1) is 18.8 Å². The summed E-state index contributed by atoms with van der Waals surface area (Å²) in [7, 11) is 1.70. The van der Waals surface area contributed by atoms with Crippen LogP contribution in [-0.2, 0) is 16.1 Å². The summed E-state index contributed by atoms with van der Waals surface area (Å²) in [6.45, 7) is 7.68. The number of hydrogen-bond donors (Lipinski definition) is 2. The number of unbranched alkanes of at least 4 members (excludes halogenated alkanes) is 1. The molecule has 194 valence electrons. The van der Waals surface area contributed by atoms with E-state index in [1.807, 2.05) is 56.3 Å². The Balaban J connectivity index is 0.000000819. The van der Waals surface area contributed by atoms with Crippen molar-refractivity contribution < 1.29 is 28.5 Å². The van der Waals surface area contributed by atoms with Crippen LogP contribution in [0.2, 0.25) is 0 Å². The monoisotopic (exact) mass is 482 g/mol. The van der Waals surface area contributed by atoms with E-state index in [0.29, 0.717) is 19.4 Å². The van der Waals surface area contributed by atoms with E-state index >= 15 is 0 Å². The van der Waals surface area contributed by atoms with Crippen molar-refractivity contribution in [1.82, 2.24) is 0 Å². The van der Waals surface area contributed by atoms with E-state index in [1.54, 1.807) is 14.0 Å². The molecule has 1 aliphatic carbocycles. The third-order valence-corrected chi connectivity index (χ3v) is 5.58. The van der Waals surface area contributed by atoms with Gasteiger partial charge in [-0.1, -0.05) is 69.3 Å². The third-order valence-electron chi connectivity index (χ3n) is 5.58. The van der Waals surface area contributed by atoms with Gasteiger partial charge >= 0.3 is 0 Å². The number of allylic oxidation sites excluding steroid dienone is 3.